The van der Waals surface area contributed by atoms with E-state index >= 15 is 0 Å². The number of hydrogen-bond donors (Lipinski definition) is 1. The van der Waals surface area contributed by atoms with Crippen molar-refractivity contribution in [2.45, 2.75) is 32.2 Å². The normalized spacial score (nSPS) is 12.0. The van der Waals surface area contributed by atoms with E-state index in [0.717, 1.165) is 12.8 Å². The van der Waals surface area contributed by atoms with Crippen LogP contribution in [0.1, 0.15) is 36.5 Å². The van der Waals surface area contributed by atoms with Crippen LogP contribution in [0.4, 0.5) is 0 Å². The van der Waals surface area contributed by atoms with Gasteiger partial charge in [-0.15, -0.1) is 0 Å². The summed E-state index contributed by atoms with van der Waals surface area (Å²) < 4.78 is 10.3. The van der Waals surface area contributed by atoms with Crippen molar-refractivity contribution in [3.8, 4) is 11.5 Å². The molecule has 0 radical (unpaired) electrons. The Hall–Kier alpha value is -1.55. The molecule has 4 nitrogen and oxygen atoms in total. The predicted molar refractivity (Wildman–Crippen MR) is 71.4 cm³/mol. The van der Waals surface area contributed by atoms with E-state index in [9.17, 15) is 4.79 Å². The number of ether oxygens (including phenoxy) is 2. The van der Waals surface area contributed by atoms with Gasteiger partial charge in [-0.25, -0.2) is 0 Å². The molecule has 1 aromatic carbocycles. The van der Waals surface area contributed by atoms with Crippen LogP contribution in [0, 0.1) is 0 Å². The van der Waals surface area contributed by atoms with Crippen molar-refractivity contribution in [1.29, 1.82) is 0 Å². The number of rotatable bonds is 7. The topological polar surface area (TPSA) is 61.6 Å². The van der Waals surface area contributed by atoms with Gasteiger partial charge in [0.1, 0.15) is 0 Å². The average molecular weight is 251 g/mol. The van der Waals surface area contributed by atoms with Gasteiger partial charge in [0.25, 0.3) is 0 Å². The van der Waals surface area contributed by atoms with Crippen LogP contribution in [0.3, 0.4) is 0 Å². The second-order valence-electron chi connectivity index (χ2n) is 4.18. The van der Waals surface area contributed by atoms with Gasteiger partial charge < -0.3 is 15.2 Å². The van der Waals surface area contributed by atoms with Crippen molar-refractivity contribution >= 4 is 5.78 Å². The van der Waals surface area contributed by atoms with Crippen LogP contribution in [0.25, 0.3) is 0 Å². The van der Waals surface area contributed by atoms with Crippen molar-refractivity contribution in [2.75, 3.05) is 14.2 Å². The Morgan fingerprint density at radius 1 is 1.28 bits per heavy atom. The van der Waals surface area contributed by atoms with Gasteiger partial charge >= 0.3 is 0 Å². The maximum absolute atomic E-state index is 12.1. The second kappa shape index (κ2) is 7.01. The Morgan fingerprint density at radius 2 is 1.94 bits per heavy atom. The number of carbonyl (C=O) groups excluding carboxylic acids is 1. The first-order valence-electron chi connectivity index (χ1n) is 6.15. The summed E-state index contributed by atoms with van der Waals surface area (Å²) in [4.78, 5) is 12.1. The first kappa shape index (κ1) is 14.5. The maximum Gasteiger partial charge on any atom is 0.179 e. The van der Waals surface area contributed by atoms with Crippen LogP contribution in [-0.4, -0.2) is 26.0 Å². The molecule has 1 aromatic rings. The number of methoxy groups -OCH3 is 2. The molecule has 100 valence electrons. The summed E-state index contributed by atoms with van der Waals surface area (Å²) in [5.41, 5.74) is 6.44. The zero-order valence-electron chi connectivity index (χ0n) is 11.2. The minimum atomic E-state index is -0.442. The number of benzene rings is 1. The van der Waals surface area contributed by atoms with Gasteiger partial charge in [-0.3, -0.25) is 4.79 Å². The molecule has 0 spiro atoms. The molecule has 0 aromatic heterocycles. The summed E-state index contributed by atoms with van der Waals surface area (Å²) in [5.74, 6) is 1.10. The fraction of sp³-hybridized carbons (Fsp3) is 0.500. The monoisotopic (exact) mass is 251 g/mol. The lowest BCUT2D eigenvalue weighted by molar-refractivity contribution is 0.0956. The van der Waals surface area contributed by atoms with Crippen LogP contribution in [0.2, 0.25) is 0 Å². The molecule has 0 heterocycles. The molecular formula is C14H21NO3. The summed E-state index contributed by atoms with van der Waals surface area (Å²) in [6.45, 7) is 2.08. The molecule has 0 fully saturated rings. The van der Waals surface area contributed by atoms with Crippen LogP contribution in [-0.2, 0) is 0 Å². The molecule has 0 saturated carbocycles. The smallest absolute Gasteiger partial charge is 0.179 e. The molecular weight excluding hydrogens is 230 g/mol. The maximum atomic E-state index is 12.1. The zero-order chi connectivity index (χ0) is 13.5. The molecule has 0 aliphatic rings. The predicted octanol–water partition coefficient (Wildman–Crippen LogP) is 2.40. The first-order chi connectivity index (χ1) is 8.63. The van der Waals surface area contributed by atoms with Gasteiger partial charge in [0.05, 0.1) is 20.3 Å². The van der Waals surface area contributed by atoms with Crippen molar-refractivity contribution in [3.05, 3.63) is 23.8 Å². The number of Topliss-reactive ketones (excluding diaryl/α,β-unsaturated/α-hetero) is 1. The van der Waals surface area contributed by atoms with Crippen LogP contribution in [0.5, 0.6) is 11.5 Å². The SMILES string of the molecule is CCCCC(N)C(=O)c1ccc(OC)c(OC)c1. The largest absolute Gasteiger partial charge is 0.493 e. The van der Waals surface area contributed by atoms with E-state index in [4.69, 9.17) is 15.2 Å². The minimum Gasteiger partial charge on any atom is -0.493 e. The lowest BCUT2D eigenvalue weighted by Gasteiger charge is -2.12. The summed E-state index contributed by atoms with van der Waals surface area (Å²) in [6, 6.07) is 4.67. The van der Waals surface area contributed by atoms with Gasteiger partial charge in [0, 0.05) is 5.56 Å². The summed E-state index contributed by atoms with van der Waals surface area (Å²) >= 11 is 0. The van der Waals surface area contributed by atoms with E-state index in [-0.39, 0.29) is 5.78 Å². The standard InChI is InChI=1S/C14H21NO3/c1-4-5-6-11(15)14(16)10-7-8-12(17-2)13(9-10)18-3/h7-9,11H,4-6,15H2,1-3H3. The quantitative estimate of drug-likeness (QED) is 0.756. The van der Waals surface area contributed by atoms with E-state index < -0.39 is 6.04 Å². The number of ketones is 1. The molecule has 1 atom stereocenters. The highest BCUT2D eigenvalue weighted by Gasteiger charge is 2.17. The third-order valence-corrected chi connectivity index (χ3v) is 2.87. The Kier molecular flexibility index (Phi) is 5.65. The average Bonchev–Trinajstić information content (AvgIpc) is 2.42. The lowest BCUT2D eigenvalue weighted by Crippen LogP contribution is -2.30. The minimum absolute atomic E-state index is 0.0515. The van der Waals surface area contributed by atoms with Gasteiger partial charge in [-0.05, 0) is 24.6 Å². The molecule has 4 heteroatoms. The van der Waals surface area contributed by atoms with E-state index in [1.165, 1.54) is 0 Å². The third-order valence-electron chi connectivity index (χ3n) is 2.87. The van der Waals surface area contributed by atoms with Gasteiger partial charge in [-0.1, -0.05) is 19.8 Å². The zero-order valence-corrected chi connectivity index (χ0v) is 11.2. The Balaban J connectivity index is 2.86. The Labute approximate surface area is 108 Å². The van der Waals surface area contributed by atoms with Gasteiger partial charge in [0.2, 0.25) is 0 Å². The highest BCUT2D eigenvalue weighted by atomic mass is 16.5. The summed E-state index contributed by atoms with van der Waals surface area (Å²) in [7, 11) is 3.11. The van der Waals surface area contributed by atoms with Gasteiger partial charge in [-0.2, -0.15) is 0 Å². The van der Waals surface area contributed by atoms with Crippen molar-refractivity contribution in [3.63, 3.8) is 0 Å². The molecule has 1 rings (SSSR count). The molecule has 1 unspecified atom stereocenters. The number of hydrogen-bond acceptors (Lipinski definition) is 4. The Morgan fingerprint density at radius 3 is 2.50 bits per heavy atom. The second-order valence-corrected chi connectivity index (χ2v) is 4.18. The lowest BCUT2D eigenvalue weighted by atomic mass is 10.00. The number of carbonyl (C=O) groups is 1. The van der Waals surface area contributed by atoms with Crippen molar-refractivity contribution < 1.29 is 14.3 Å². The van der Waals surface area contributed by atoms with Crippen LogP contribution in [0.15, 0.2) is 18.2 Å². The highest BCUT2D eigenvalue weighted by Crippen LogP contribution is 2.28. The Bertz CT molecular complexity index is 404. The third kappa shape index (κ3) is 3.47. The van der Waals surface area contributed by atoms with E-state index in [1.54, 1.807) is 32.4 Å². The number of unbranched alkanes of at least 4 members (excludes halogenated alkanes) is 1. The van der Waals surface area contributed by atoms with E-state index in [0.29, 0.717) is 23.5 Å². The van der Waals surface area contributed by atoms with E-state index in [1.807, 2.05) is 0 Å². The van der Waals surface area contributed by atoms with Crippen molar-refractivity contribution in [1.82, 2.24) is 0 Å². The fourth-order valence-electron chi connectivity index (χ4n) is 1.76. The molecule has 0 aliphatic heterocycles. The molecule has 0 saturated heterocycles. The molecule has 2 N–H and O–H groups in total. The fourth-order valence-corrected chi connectivity index (χ4v) is 1.76. The first-order valence-corrected chi connectivity index (χ1v) is 6.15. The molecule has 0 aliphatic carbocycles. The molecule has 18 heavy (non-hydrogen) atoms. The van der Waals surface area contributed by atoms with Crippen molar-refractivity contribution in [2.24, 2.45) is 5.73 Å². The molecule has 0 amide bonds. The summed E-state index contributed by atoms with van der Waals surface area (Å²) in [6.07, 6.45) is 2.71. The van der Waals surface area contributed by atoms with Crippen LogP contribution < -0.4 is 15.2 Å². The van der Waals surface area contributed by atoms with Crippen LogP contribution >= 0.6 is 0 Å². The van der Waals surface area contributed by atoms with Gasteiger partial charge in [0.15, 0.2) is 17.3 Å². The highest BCUT2D eigenvalue weighted by molar-refractivity contribution is 6.00. The summed E-state index contributed by atoms with van der Waals surface area (Å²) in [5, 5.41) is 0. The number of nitrogens with two attached hydrogens (primary N) is 1. The molecule has 0 bridgehead atoms. The van der Waals surface area contributed by atoms with E-state index in [2.05, 4.69) is 6.92 Å².